The summed E-state index contributed by atoms with van der Waals surface area (Å²) in [6.07, 6.45) is 0. The van der Waals surface area contributed by atoms with Gasteiger partial charge in [0.05, 0.1) is 26.9 Å². The molecular weight excluding hydrogens is 296 g/mol. The molecule has 0 N–H and O–H groups in total. The van der Waals surface area contributed by atoms with Gasteiger partial charge in [0.25, 0.3) is 5.69 Å². The van der Waals surface area contributed by atoms with E-state index in [2.05, 4.69) is 0 Å². The van der Waals surface area contributed by atoms with Crippen LogP contribution in [0.25, 0.3) is 0 Å². The van der Waals surface area contributed by atoms with Gasteiger partial charge in [-0.15, -0.1) is 0 Å². The average molecular weight is 312 g/mol. The molecule has 10 nitrogen and oxygen atoms in total. The van der Waals surface area contributed by atoms with Crippen molar-refractivity contribution in [3.05, 3.63) is 42.5 Å². The summed E-state index contributed by atoms with van der Waals surface area (Å²) in [6, 6.07) is 0.970. The third-order valence-corrected chi connectivity index (χ3v) is 3.03. The van der Waals surface area contributed by atoms with Crippen LogP contribution in [0, 0.1) is 30.3 Å². The predicted molar refractivity (Wildman–Crippen MR) is 79.2 cm³/mol. The molecule has 0 atom stereocenters. The van der Waals surface area contributed by atoms with Crippen molar-refractivity contribution >= 4 is 22.7 Å². The van der Waals surface area contributed by atoms with Gasteiger partial charge in [-0.3, -0.25) is 30.3 Å². The fourth-order valence-corrected chi connectivity index (χ4v) is 2.35. The van der Waals surface area contributed by atoms with Crippen molar-refractivity contribution in [2.45, 2.75) is 39.8 Å². The SMILES string of the molecule is CC(C)N(c1c([N+](=O)[O-])cc([N+](=O)[O-])cc1[N+](=O)[O-])C(C)C. The minimum absolute atomic E-state index is 0.217. The molecule has 1 aromatic rings. The second-order valence-corrected chi connectivity index (χ2v) is 5.20. The summed E-state index contributed by atoms with van der Waals surface area (Å²) in [7, 11) is 0. The molecule has 0 bridgehead atoms. The third-order valence-electron chi connectivity index (χ3n) is 3.03. The van der Waals surface area contributed by atoms with Crippen LogP contribution in [0.3, 0.4) is 0 Å². The molecule has 0 radical (unpaired) electrons. The predicted octanol–water partition coefficient (Wildman–Crippen LogP) is 3.03. The van der Waals surface area contributed by atoms with Crippen LogP contribution in [-0.2, 0) is 0 Å². The lowest BCUT2D eigenvalue weighted by atomic mass is 10.1. The zero-order chi connectivity index (χ0) is 17.2. The quantitative estimate of drug-likeness (QED) is 0.582. The van der Waals surface area contributed by atoms with E-state index in [1.807, 2.05) is 0 Å². The van der Waals surface area contributed by atoms with Gasteiger partial charge in [-0.1, -0.05) is 0 Å². The number of hydrogen-bond acceptors (Lipinski definition) is 7. The highest BCUT2D eigenvalue weighted by Gasteiger charge is 2.35. The second-order valence-electron chi connectivity index (χ2n) is 5.20. The largest absolute Gasteiger partial charge is 0.355 e. The van der Waals surface area contributed by atoms with Gasteiger partial charge in [0, 0.05) is 12.1 Å². The highest BCUT2D eigenvalue weighted by atomic mass is 16.6. The van der Waals surface area contributed by atoms with Crippen LogP contribution in [0.15, 0.2) is 12.1 Å². The van der Waals surface area contributed by atoms with Crippen LogP contribution in [0.5, 0.6) is 0 Å². The number of benzene rings is 1. The van der Waals surface area contributed by atoms with Crippen molar-refractivity contribution in [3.8, 4) is 0 Å². The van der Waals surface area contributed by atoms with E-state index in [1.54, 1.807) is 27.7 Å². The first-order chi connectivity index (χ1) is 10.1. The topological polar surface area (TPSA) is 133 Å². The van der Waals surface area contributed by atoms with Gasteiger partial charge < -0.3 is 4.90 Å². The minimum Gasteiger partial charge on any atom is -0.355 e. The van der Waals surface area contributed by atoms with E-state index in [0.29, 0.717) is 0 Å². The molecule has 0 saturated carbocycles. The minimum atomic E-state index is -0.890. The summed E-state index contributed by atoms with van der Waals surface area (Å²) in [5.41, 5.74) is -2.20. The highest BCUT2D eigenvalue weighted by molar-refractivity contribution is 5.78. The maximum Gasteiger partial charge on any atom is 0.306 e. The van der Waals surface area contributed by atoms with Gasteiger partial charge in [-0.25, -0.2) is 0 Å². The van der Waals surface area contributed by atoms with Gasteiger partial charge in [0.2, 0.25) is 0 Å². The Morgan fingerprint density at radius 3 is 1.41 bits per heavy atom. The molecule has 120 valence electrons. The first-order valence-electron chi connectivity index (χ1n) is 6.47. The maximum atomic E-state index is 11.3. The fraction of sp³-hybridized carbons (Fsp3) is 0.500. The number of nitro groups is 3. The van der Waals surface area contributed by atoms with Crippen LogP contribution in [-0.4, -0.2) is 26.9 Å². The van der Waals surface area contributed by atoms with E-state index >= 15 is 0 Å². The van der Waals surface area contributed by atoms with E-state index in [9.17, 15) is 30.3 Å². The Balaban J connectivity index is 3.82. The summed E-state index contributed by atoms with van der Waals surface area (Å²) in [5, 5.41) is 33.4. The van der Waals surface area contributed by atoms with E-state index in [0.717, 1.165) is 12.1 Å². The molecule has 0 unspecified atom stereocenters. The molecule has 0 heterocycles. The van der Waals surface area contributed by atoms with Crippen molar-refractivity contribution in [1.82, 2.24) is 0 Å². The van der Waals surface area contributed by atoms with Crippen LogP contribution < -0.4 is 4.90 Å². The molecule has 1 aromatic carbocycles. The zero-order valence-corrected chi connectivity index (χ0v) is 12.5. The molecular formula is C12H16N4O6. The molecule has 0 aromatic heterocycles. The van der Waals surface area contributed by atoms with Crippen LogP contribution in [0.2, 0.25) is 0 Å². The lowest BCUT2D eigenvalue weighted by Crippen LogP contribution is -2.37. The normalized spacial score (nSPS) is 10.8. The number of rotatable bonds is 6. The highest BCUT2D eigenvalue weighted by Crippen LogP contribution is 2.42. The average Bonchev–Trinajstić information content (AvgIpc) is 2.36. The van der Waals surface area contributed by atoms with Crippen molar-refractivity contribution in [1.29, 1.82) is 0 Å². The monoisotopic (exact) mass is 312 g/mol. The van der Waals surface area contributed by atoms with Gasteiger partial charge in [-0.2, -0.15) is 0 Å². The van der Waals surface area contributed by atoms with Crippen LogP contribution in [0.4, 0.5) is 22.7 Å². The fourth-order valence-electron chi connectivity index (χ4n) is 2.35. The van der Waals surface area contributed by atoms with Crippen molar-refractivity contribution in [3.63, 3.8) is 0 Å². The Morgan fingerprint density at radius 1 is 0.818 bits per heavy atom. The molecule has 0 saturated heterocycles. The molecule has 1 rings (SSSR count). The summed E-state index contributed by atoms with van der Waals surface area (Å²) in [5.74, 6) is 0. The number of anilines is 1. The van der Waals surface area contributed by atoms with Crippen LogP contribution in [0.1, 0.15) is 27.7 Å². The molecule has 0 spiro atoms. The van der Waals surface area contributed by atoms with Crippen LogP contribution >= 0.6 is 0 Å². The molecule has 22 heavy (non-hydrogen) atoms. The second kappa shape index (κ2) is 6.33. The van der Waals surface area contributed by atoms with Gasteiger partial charge in [-0.05, 0) is 27.7 Å². The Labute approximate surface area is 125 Å². The molecule has 0 fully saturated rings. The number of nitrogens with zero attached hydrogens (tertiary/aromatic N) is 4. The standard InChI is InChI=1S/C12H16N4O6/c1-7(2)13(8(3)4)12-10(15(19)20)5-9(14(17)18)6-11(12)16(21)22/h5-8H,1-4H3. The molecule has 0 aliphatic heterocycles. The summed E-state index contributed by atoms with van der Waals surface area (Å²) < 4.78 is 0. The molecule has 0 amide bonds. The summed E-state index contributed by atoms with van der Waals surface area (Å²) in [4.78, 5) is 32.3. The van der Waals surface area contributed by atoms with Gasteiger partial charge in [0.1, 0.15) is 0 Å². The molecule has 10 heteroatoms. The molecule has 0 aliphatic rings. The first kappa shape index (κ1) is 17.3. The van der Waals surface area contributed by atoms with Crippen molar-refractivity contribution < 1.29 is 14.8 Å². The Kier molecular flexibility index (Phi) is 4.97. The van der Waals surface area contributed by atoms with E-state index in [1.165, 1.54) is 4.90 Å². The van der Waals surface area contributed by atoms with E-state index < -0.39 is 31.8 Å². The number of nitro benzene ring substituents is 3. The van der Waals surface area contributed by atoms with Gasteiger partial charge in [0.15, 0.2) is 5.69 Å². The first-order valence-corrected chi connectivity index (χ1v) is 6.47. The number of non-ortho nitro benzene ring substituents is 1. The Hall–Kier alpha value is -2.78. The zero-order valence-electron chi connectivity index (χ0n) is 12.5. The maximum absolute atomic E-state index is 11.3. The van der Waals surface area contributed by atoms with Crippen molar-refractivity contribution in [2.24, 2.45) is 0 Å². The van der Waals surface area contributed by atoms with E-state index in [4.69, 9.17) is 0 Å². The van der Waals surface area contributed by atoms with E-state index in [-0.39, 0.29) is 17.8 Å². The molecule has 0 aliphatic carbocycles. The lowest BCUT2D eigenvalue weighted by molar-refractivity contribution is -0.402. The third kappa shape index (κ3) is 3.27. The summed E-state index contributed by atoms with van der Waals surface area (Å²) in [6.45, 7) is 6.92. The van der Waals surface area contributed by atoms with Crippen molar-refractivity contribution in [2.75, 3.05) is 4.90 Å². The Bertz CT molecular complexity index is 585. The lowest BCUT2D eigenvalue weighted by Gasteiger charge is -2.31. The van der Waals surface area contributed by atoms with Gasteiger partial charge >= 0.3 is 11.4 Å². The smallest absolute Gasteiger partial charge is 0.306 e. The summed E-state index contributed by atoms with van der Waals surface area (Å²) >= 11 is 0. The number of hydrogen-bond donors (Lipinski definition) is 0. The Morgan fingerprint density at radius 2 is 1.18 bits per heavy atom.